The van der Waals surface area contributed by atoms with E-state index in [-0.39, 0.29) is 6.04 Å². The molecule has 5 heteroatoms. The summed E-state index contributed by atoms with van der Waals surface area (Å²) in [4.78, 5) is 0. The summed E-state index contributed by atoms with van der Waals surface area (Å²) in [5.41, 5.74) is 3.30. The van der Waals surface area contributed by atoms with E-state index >= 15 is 0 Å². The zero-order chi connectivity index (χ0) is 18.4. The van der Waals surface area contributed by atoms with Crippen LogP contribution in [0.3, 0.4) is 0 Å². The van der Waals surface area contributed by atoms with Gasteiger partial charge in [0.1, 0.15) is 11.5 Å². The van der Waals surface area contributed by atoms with E-state index in [2.05, 4.69) is 55.7 Å². The van der Waals surface area contributed by atoms with Gasteiger partial charge in [-0.2, -0.15) is 0 Å². The van der Waals surface area contributed by atoms with Gasteiger partial charge in [0, 0.05) is 6.07 Å². The fourth-order valence-corrected chi connectivity index (χ4v) is 2.98. The van der Waals surface area contributed by atoms with Crippen molar-refractivity contribution in [2.45, 2.75) is 26.8 Å². The maximum absolute atomic E-state index is 5.53. The molecule has 0 heterocycles. The molecule has 0 aromatic heterocycles. The average molecular weight is 359 g/mol. The SMILES string of the molecule is COc1ccc(NC(=S)N[C@H](c2ccccc2C)C(C)C)c(OC)c1. The molecule has 0 aliphatic heterocycles. The molecule has 0 radical (unpaired) electrons. The third-order valence-corrected chi connectivity index (χ3v) is 4.35. The smallest absolute Gasteiger partial charge is 0.171 e. The molecule has 0 unspecified atom stereocenters. The van der Waals surface area contributed by atoms with Gasteiger partial charge >= 0.3 is 0 Å². The number of hydrogen-bond donors (Lipinski definition) is 2. The van der Waals surface area contributed by atoms with E-state index in [0.717, 1.165) is 11.4 Å². The van der Waals surface area contributed by atoms with Gasteiger partial charge in [-0.25, -0.2) is 0 Å². The molecule has 0 aliphatic rings. The van der Waals surface area contributed by atoms with Crippen molar-refractivity contribution < 1.29 is 9.47 Å². The largest absolute Gasteiger partial charge is 0.497 e. The molecular formula is C20H26N2O2S. The fourth-order valence-electron chi connectivity index (χ4n) is 2.74. The molecule has 0 bridgehead atoms. The molecule has 2 aromatic carbocycles. The van der Waals surface area contributed by atoms with Gasteiger partial charge in [-0.1, -0.05) is 38.1 Å². The van der Waals surface area contributed by atoms with Crippen LogP contribution in [0.1, 0.15) is 31.0 Å². The minimum absolute atomic E-state index is 0.130. The van der Waals surface area contributed by atoms with Crippen LogP contribution >= 0.6 is 12.2 Å². The zero-order valence-electron chi connectivity index (χ0n) is 15.4. The van der Waals surface area contributed by atoms with Crippen molar-refractivity contribution in [2.75, 3.05) is 19.5 Å². The number of hydrogen-bond acceptors (Lipinski definition) is 3. The number of methoxy groups -OCH3 is 2. The Morgan fingerprint density at radius 1 is 1.04 bits per heavy atom. The lowest BCUT2D eigenvalue weighted by Crippen LogP contribution is -2.35. The first-order valence-electron chi connectivity index (χ1n) is 8.31. The lowest BCUT2D eigenvalue weighted by Gasteiger charge is -2.26. The van der Waals surface area contributed by atoms with Crippen LogP contribution in [-0.2, 0) is 0 Å². The summed E-state index contributed by atoms with van der Waals surface area (Å²) in [6.07, 6.45) is 0. The fraction of sp³-hybridized carbons (Fsp3) is 0.350. The summed E-state index contributed by atoms with van der Waals surface area (Å²) >= 11 is 5.53. The van der Waals surface area contributed by atoms with Crippen LogP contribution in [0.4, 0.5) is 5.69 Å². The van der Waals surface area contributed by atoms with Crippen LogP contribution < -0.4 is 20.1 Å². The first kappa shape index (κ1) is 19.1. The van der Waals surface area contributed by atoms with Gasteiger partial charge in [-0.3, -0.25) is 0 Å². The van der Waals surface area contributed by atoms with E-state index in [1.54, 1.807) is 14.2 Å². The van der Waals surface area contributed by atoms with E-state index in [4.69, 9.17) is 21.7 Å². The van der Waals surface area contributed by atoms with Crippen LogP contribution in [0.5, 0.6) is 11.5 Å². The Balaban J connectivity index is 2.16. The summed E-state index contributed by atoms with van der Waals surface area (Å²) in [6, 6.07) is 14.1. The molecule has 4 nitrogen and oxygen atoms in total. The number of rotatable bonds is 6. The summed E-state index contributed by atoms with van der Waals surface area (Å²) < 4.78 is 10.6. The zero-order valence-corrected chi connectivity index (χ0v) is 16.2. The number of thiocarbonyl (C=S) groups is 1. The number of ether oxygens (including phenoxy) is 2. The van der Waals surface area contributed by atoms with Crippen LogP contribution in [0.15, 0.2) is 42.5 Å². The third-order valence-electron chi connectivity index (χ3n) is 4.13. The van der Waals surface area contributed by atoms with Crippen molar-refractivity contribution >= 4 is 23.0 Å². The van der Waals surface area contributed by atoms with Gasteiger partial charge in [0.15, 0.2) is 5.11 Å². The lowest BCUT2D eigenvalue weighted by atomic mass is 9.93. The average Bonchev–Trinajstić information content (AvgIpc) is 2.60. The Morgan fingerprint density at radius 3 is 2.36 bits per heavy atom. The normalized spacial score (nSPS) is 11.8. The monoisotopic (exact) mass is 358 g/mol. The van der Waals surface area contributed by atoms with Gasteiger partial charge in [0.05, 0.1) is 25.9 Å². The van der Waals surface area contributed by atoms with Crippen molar-refractivity contribution in [3.63, 3.8) is 0 Å². The molecule has 2 rings (SSSR count). The second-order valence-electron chi connectivity index (χ2n) is 6.24. The Hall–Kier alpha value is -2.27. The molecular weight excluding hydrogens is 332 g/mol. The van der Waals surface area contributed by atoms with Crippen LogP contribution in [0.2, 0.25) is 0 Å². The maximum atomic E-state index is 5.53. The van der Waals surface area contributed by atoms with E-state index in [9.17, 15) is 0 Å². The molecule has 0 fully saturated rings. The molecule has 25 heavy (non-hydrogen) atoms. The molecule has 0 saturated heterocycles. The summed E-state index contributed by atoms with van der Waals surface area (Å²) in [5.74, 6) is 1.81. The number of benzene rings is 2. The lowest BCUT2D eigenvalue weighted by molar-refractivity contribution is 0.395. The Labute approximate surface area is 155 Å². The summed E-state index contributed by atoms with van der Waals surface area (Å²) in [6.45, 7) is 6.48. The number of nitrogens with one attached hydrogen (secondary N) is 2. The minimum atomic E-state index is 0.130. The summed E-state index contributed by atoms with van der Waals surface area (Å²) in [5, 5.41) is 7.22. The van der Waals surface area contributed by atoms with Crippen LogP contribution in [0, 0.1) is 12.8 Å². The van der Waals surface area contributed by atoms with Crippen molar-refractivity contribution in [1.29, 1.82) is 0 Å². The van der Waals surface area contributed by atoms with Gasteiger partial charge in [-0.15, -0.1) is 0 Å². The van der Waals surface area contributed by atoms with Crippen molar-refractivity contribution in [1.82, 2.24) is 5.32 Å². The van der Waals surface area contributed by atoms with Crippen molar-refractivity contribution in [3.8, 4) is 11.5 Å². The predicted octanol–water partition coefficient (Wildman–Crippen LogP) is 4.70. The molecule has 0 aliphatic carbocycles. The number of anilines is 1. The third kappa shape index (κ3) is 4.86. The van der Waals surface area contributed by atoms with Gasteiger partial charge < -0.3 is 20.1 Å². The Bertz CT molecular complexity index is 731. The van der Waals surface area contributed by atoms with Gasteiger partial charge in [-0.05, 0) is 48.3 Å². The first-order chi connectivity index (χ1) is 12.0. The quantitative estimate of drug-likeness (QED) is 0.733. The molecule has 2 N–H and O–H groups in total. The Kier molecular flexibility index (Phi) is 6.65. The van der Waals surface area contributed by atoms with Crippen molar-refractivity contribution in [2.24, 2.45) is 5.92 Å². The molecule has 134 valence electrons. The molecule has 2 aromatic rings. The molecule has 0 spiro atoms. The highest BCUT2D eigenvalue weighted by Gasteiger charge is 2.19. The molecule has 1 atom stereocenters. The first-order valence-corrected chi connectivity index (χ1v) is 8.72. The highest BCUT2D eigenvalue weighted by molar-refractivity contribution is 7.80. The second-order valence-corrected chi connectivity index (χ2v) is 6.65. The number of aryl methyl sites for hydroxylation is 1. The minimum Gasteiger partial charge on any atom is -0.497 e. The maximum Gasteiger partial charge on any atom is 0.171 e. The van der Waals surface area contributed by atoms with E-state index in [0.29, 0.717) is 16.8 Å². The van der Waals surface area contributed by atoms with E-state index in [1.807, 2.05) is 18.2 Å². The predicted molar refractivity (Wildman–Crippen MR) is 108 cm³/mol. The highest BCUT2D eigenvalue weighted by Crippen LogP contribution is 2.30. The highest BCUT2D eigenvalue weighted by atomic mass is 32.1. The van der Waals surface area contributed by atoms with Crippen molar-refractivity contribution in [3.05, 3.63) is 53.6 Å². The molecule has 0 saturated carbocycles. The Morgan fingerprint density at radius 2 is 1.76 bits per heavy atom. The topological polar surface area (TPSA) is 42.5 Å². The van der Waals surface area contributed by atoms with Gasteiger partial charge in [0.25, 0.3) is 0 Å². The second kappa shape index (κ2) is 8.72. The van der Waals surface area contributed by atoms with Crippen LogP contribution in [-0.4, -0.2) is 19.3 Å². The summed E-state index contributed by atoms with van der Waals surface area (Å²) in [7, 11) is 3.25. The van der Waals surface area contributed by atoms with E-state index in [1.165, 1.54) is 11.1 Å². The van der Waals surface area contributed by atoms with Crippen LogP contribution in [0.25, 0.3) is 0 Å². The van der Waals surface area contributed by atoms with E-state index < -0.39 is 0 Å². The van der Waals surface area contributed by atoms with Gasteiger partial charge in [0.2, 0.25) is 0 Å². The standard InChI is InChI=1S/C20H26N2O2S/c1-13(2)19(16-9-7-6-8-14(16)3)22-20(25)21-17-11-10-15(23-4)12-18(17)24-5/h6-13,19H,1-5H3,(H2,21,22,25)/t19-/m0/s1. The molecule has 0 amide bonds.